The average molecular weight is 738 g/mol. The van der Waals surface area contributed by atoms with Gasteiger partial charge in [0, 0.05) is 19.3 Å². The second-order valence-corrected chi connectivity index (χ2v) is 16.0. The predicted octanol–water partition coefficient (Wildman–Crippen LogP) is 12.6. The van der Waals surface area contributed by atoms with Crippen molar-refractivity contribution < 1.29 is 28.6 Å². The van der Waals surface area contributed by atoms with E-state index in [4.69, 9.17) is 14.2 Å². The molecule has 0 aliphatic carbocycles. The third kappa shape index (κ3) is 34.2. The highest BCUT2D eigenvalue weighted by molar-refractivity contribution is 5.70. The molecule has 0 radical (unpaired) electrons. The fraction of sp³-hybridized carbons (Fsp3) is 0.933. The highest BCUT2D eigenvalue weighted by Crippen LogP contribution is 2.23. The van der Waals surface area contributed by atoms with Gasteiger partial charge in [0.05, 0.1) is 13.2 Å². The monoisotopic (exact) mass is 738 g/mol. The second kappa shape index (κ2) is 37.7. The average Bonchev–Trinajstić information content (AvgIpc) is 3.11. The van der Waals surface area contributed by atoms with E-state index in [1.807, 2.05) is 14.1 Å². The molecule has 0 fully saturated rings. The lowest BCUT2D eigenvalue weighted by Crippen LogP contribution is -2.20. The summed E-state index contributed by atoms with van der Waals surface area (Å²) in [5, 5.41) is 0. The Labute approximate surface area is 322 Å². The number of esters is 3. The van der Waals surface area contributed by atoms with Crippen LogP contribution in [-0.4, -0.2) is 62.8 Å². The van der Waals surface area contributed by atoms with Crippen LogP contribution in [0.15, 0.2) is 0 Å². The van der Waals surface area contributed by atoms with Crippen LogP contribution in [0, 0.1) is 11.8 Å². The van der Waals surface area contributed by atoms with Gasteiger partial charge >= 0.3 is 17.9 Å². The highest BCUT2D eigenvalue weighted by Gasteiger charge is 2.16. The second-order valence-electron chi connectivity index (χ2n) is 16.0. The van der Waals surface area contributed by atoms with Crippen LogP contribution < -0.4 is 0 Å². The Morgan fingerprint density at radius 3 is 1.15 bits per heavy atom. The number of ether oxygens (including phenoxy) is 3. The lowest BCUT2D eigenvalue weighted by molar-refractivity contribution is -0.150. The van der Waals surface area contributed by atoms with Gasteiger partial charge in [0.2, 0.25) is 0 Å². The van der Waals surface area contributed by atoms with Gasteiger partial charge in [0.25, 0.3) is 0 Å². The number of rotatable bonds is 39. The van der Waals surface area contributed by atoms with E-state index >= 15 is 0 Å². The first-order chi connectivity index (χ1) is 25.2. The van der Waals surface area contributed by atoms with Crippen LogP contribution in [-0.2, 0) is 28.6 Å². The van der Waals surface area contributed by atoms with Gasteiger partial charge in [-0.2, -0.15) is 0 Å². The van der Waals surface area contributed by atoms with E-state index in [2.05, 4.69) is 32.6 Å². The first-order valence-corrected chi connectivity index (χ1v) is 22.4. The zero-order valence-electron chi connectivity index (χ0n) is 35.5. The summed E-state index contributed by atoms with van der Waals surface area (Å²) in [7, 11) is 4.03. The molecular weight excluding hydrogens is 650 g/mol. The minimum Gasteiger partial charge on any atom is -0.466 e. The Bertz CT molecular complexity index is 746. The smallest absolute Gasteiger partial charge is 0.306 e. The number of carbonyl (C=O) groups excluding carboxylic acids is 3. The van der Waals surface area contributed by atoms with Crippen LogP contribution in [0.25, 0.3) is 0 Å². The molecule has 308 valence electrons. The van der Waals surface area contributed by atoms with E-state index in [1.165, 1.54) is 103 Å². The third-order valence-corrected chi connectivity index (χ3v) is 10.5. The summed E-state index contributed by atoms with van der Waals surface area (Å²) in [6.45, 7) is 10.9. The molecule has 0 bridgehead atoms. The number of nitrogens with zero attached hydrogens (tertiary/aromatic N) is 1. The van der Waals surface area contributed by atoms with Crippen molar-refractivity contribution in [2.24, 2.45) is 11.8 Å². The number of hydrogen-bond acceptors (Lipinski definition) is 7. The Kier molecular flexibility index (Phi) is 36.5. The summed E-state index contributed by atoms with van der Waals surface area (Å²) in [6.07, 6.45) is 31.2. The van der Waals surface area contributed by atoms with E-state index in [0.717, 1.165) is 77.2 Å². The topological polar surface area (TPSA) is 82.1 Å². The van der Waals surface area contributed by atoms with E-state index in [0.29, 0.717) is 44.3 Å². The SMILES string of the molecule is CCCCCC(CCCCC)CCOC(=O)CCCCCC(CCCCCC(=O)OCCC(CCCCC)CCCCC)OC(=O)CCCN(C)C. The van der Waals surface area contributed by atoms with Crippen LogP contribution in [0.4, 0.5) is 0 Å². The van der Waals surface area contributed by atoms with Crippen LogP contribution in [0.3, 0.4) is 0 Å². The van der Waals surface area contributed by atoms with Crippen LogP contribution >= 0.6 is 0 Å². The molecule has 0 heterocycles. The summed E-state index contributed by atoms with van der Waals surface area (Å²) in [6, 6.07) is 0. The minimum atomic E-state index is -0.121. The Balaban J connectivity index is 4.50. The fourth-order valence-corrected chi connectivity index (χ4v) is 7.10. The van der Waals surface area contributed by atoms with Crippen LogP contribution in [0.2, 0.25) is 0 Å². The van der Waals surface area contributed by atoms with Crippen LogP contribution in [0.1, 0.15) is 220 Å². The van der Waals surface area contributed by atoms with Crippen molar-refractivity contribution in [2.75, 3.05) is 33.9 Å². The summed E-state index contributed by atoms with van der Waals surface area (Å²) in [4.78, 5) is 39.6. The van der Waals surface area contributed by atoms with Crippen molar-refractivity contribution in [3.8, 4) is 0 Å². The fourth-order valence-electron chi connectivity index (χ4n) is 7.10. The lowest BCUT2D eigenvalue weighted by atomic mass is 9.92. The Morgan fingerprint density at radius 2 is 0.788 bits per heavy atom. The van der Waals surface area contributed by atoms with Crippen molar-refractivity contribution in [1.29, 1.82) is 0 Å². The van der Waals surface area contributed by atoms with Gasteiger partial charge in [-0.15, -0.1) is 0 Å². The number of hydrogen-bond donors (Lipinski definition) is 0. The lowest BCUT2D eigenvalue weighted by Gasteiger charge is -2.19. The van der Waals surface area contributed by atoms with E-state index < -0.39 is 0 Å². The van der Waals surface area contributed by atoms with Crippen molar-refractivity contribution in [3.05, 3.63) is 0 Å². The van der Waals surface area contributed by atoms with Gasteiger partial charge < -0.3 is 19.1 Å². The molecule has 0 N–H and O–H groups in total. The summed E-state index contributed by atoms with van der Waals surface area (Å²) >= 11 is 0. The van der Waals surface area contributed by atoms with Gasteiger partial charge in [0.1, 0.15) is 6.10 Å². The highest BCUT2D eigenvalue weighted by atomic mass is 16.5. The van der Waals surface area contributed by atoms with Gasteiger partial charge in [-0.05, 0) is 90.3 Å². The molecule has 0 aliphatic rings. The molecule has 0 saturated heterocycles. The van der Waals surface area contributed by atoms with E-state index in [-0.39, 0.29) is 24.0 Å². The quantitative estimate of drug-likeness (QED) is 0.0353. The molecule has 52 heavy (non-hydrogen) atoms. The normalized spacial score (nSPS) is 11.7. The molecule has 0 aromatic heterocycles. The third-order valence-electron chi connectivity index (χ3n) is 10.5. The van der Waals surface area contributed by atoms with Gasteiger partial charge in [-0.25, -0.2) is 0 Å². The van der Waals surface area contributed by atoms with Gasteiger partial charge in [-0.1, -0.05) is 143 Å². The summed E-state index contributed by atoms with van der Waals surface area (Å²) < 4.78 is 17.2. The van der Waals surface area contributed by atoms with Crippen molar-refractivity contribution >= 4 is 17.9 Å². The molecule has 0 unspecified atom stereocenters. The maximum atomic E-state index is 12.6. The largest absolute Gasteiger partial charge is 0.466 e. The first-order valence-electron chi connectivity index (χ1n) is 22.4. The molecule has 0 atom stereocenters. The van der Waals surface area contributed by atoms with Gasteiger partial charge in [-0.3, -0.25) is 14.4 Å². The first kappa shape index (κ1) is 50.4. The summed E-state index contributed by atoms with van der Waals surface area (Å²) in [5.74, 6) is 1.06. The summed E-state index contributed by atoms with van der Waals surface area (Å²) in [5.41, 5.74) is 0. The zero-order chi connectivity index (χ0) is 38.5. The maximum absolute atomic E-state index is 12.6. The number of unbranched alkanes of at least 4 members (excludes halogenated alkanes) is 12. The molecule has 0 aromatic carbocycles. The van der Waals surface area contributed by atoms with Crippen LogP contribution in [0.5, 0.6) is 0 Å². The maximum Gasteiger partial charge on any atom is 0.306 e. The van der Waals surface area contributed by atoms with Gasteiger partial charge in [0.15, 0.2) is 0 Å². The molecule has 7 heteroatoms. The standard InChI is InChI=1S/C45H87NO6/c1-7-11-17-26-40(27-18-12-8-2)35-38-50-43(47)32-23-15-21-30-42(52-45(49)34-25-37-46(5)6)31-22-16-24-33-44(48)51-39-36-41(28-19-13-9-3)29-20-14-10-4/h40-42H,7-39H2,1-6H3. The van der Waals surface area contributed by atoms with Crippen molar-refractivity contribution in [1.82, 2.24) is 4.90 Å². The number of carbonyl (C=O) groups is 3. The molecule has 0 spiro atoms. The van der Waals surface area contributed by atoms with E-state index in [1.54, 1.807) is 0 Å². The Morgan fingerprint density at radius 1 is 0.423 bits per heavy atom. The molecule has 0 rings (SSSR count). The molecule has 0 amide bonds. The van der Waals surface area contributed by atoms with Crippen molar-refractivity contribution in [2.45, 2.75) is 226 Å². The Hall–Kier alpha value is -1.63. The van der Waals surface area contributed by atoms with E-state index in [9.17, 15) is 14.4 Å². The minimum absolute atomic E-state index is 0.0815. The zero-order valence-corrected chi connectivity index (χ0v) is 35.5. The molecular formula is C45H87NO6. The molecule has 0 aromatic rings. The molecule has 7 nitrogen and oxygen atoms in total. The predicted molar refractivity (Wildman–Crippen MR) is 219 cm³/mol. The molecule has 0 saturated carbocycles. The van der Waals surface area contributed by atoms with Crippen molar-refractivity contribution in [3.63, 3.8) is 0 Å². The molecule has 0 aliphatic heterocycles.